The number of anilines is 1. The van der Waals surface area contributed by atoms with Crippen molar-refractivity contribution in [2.24, 2.45) is 0 Å². The first-order chi connectivity index (χ1) is 7.63. The Bertz CT molecular complexity index is 501. The summed E-state index contributed by atoms with van der Waals surface area (Å²) in [5.41, 5.74) is 5.45. The van der Waals surface area contributed by atoms with Gasteiger partial charge in [-0.15, -0.1) is 0 Å². The molecule has 0 amide bonds. The van der Waals surface area contributed by atoms with E-state index in [0.29, 0.717) is 5.03 Å². The molecule has 1 aromatic carbocycles. The largest absolute Gasteiger partial charge is 0.368 e. The van der Waals surface area contributed by atoms with Crippen LogP contribution in [-0.4, -0.2) is 9.97 Å². The number of hydrogen-bond acceptors (Lipinski definition) is 4. The first kappa shape index (κ1) is 11.2. The molecule has 0 fully saturated rings. The molecule has 0 saturated carbocycles. The number of halogens is 2. The van der Waals surface area contributed by atoms with Gasteiger partial charge in [-0.1, -0.05) is 29.4 Å². The Kier molecular flexibility index (Phi) is 3.26. The van der Waals surface area contributed by atoms with Gasteiger partial charge in [-0.25, -0.2) is 14.4 Å². The molecule has 0 saturated heterocycles. The van der Waals surface area contributed by atoms with Gasteiger partial charge in [0.1, 0.15) is 16.0 Å². The van der Waals surface area contributed by atoms with Crippen molar-refractivity contribution in [2.75, 3.05) is 5.73 Å². The smallest absolute Gasteiger partial charge is 0.222 e. The highest BCUT2D eigenvalue weighted by Crippen LogP contribution is 2.27. The van der Waals surface area contributed by atoms with Crippen LogP contribution in [0.2, 0.25) is 5.15 Å². The molecule has 2 N–H and O–H groups in total. The summed E-state index contributed by atoms with van der Waals surface area (Å²) in [5, 5.41) is 0.856. The summed E-state index contributed by atoms with van der Waals surface area (Å²) < 4.78 is 12.9. The Morgan fingerprint density at radius 1 is 1.25 bits per heavy atom. The molecule has 3 nitrogen and oxygen atoms in total. The first-order valence-electron chi connectivity index (χ1n) is 4.37. The van der Waals surface area contributed by atoms with E-state index in [1.165, 1.54) is 23.9 Å². The molecular weight excluding hydrogens is 249 g/mol. The van der Waals surface area contributed by atoms with Gasteiger partial charge in [-0.2, -0.15) is 0 Å². The molecule has 1 heterocycles. The van der Waals surface area contributed by atoms with E-state index in [4.69, 9.17) is 17.3 Å². The van der Waals surface area contributed by atoms with Crippen LogP contribution in [-0.2, 0) is 0 Å². The van der Waals surface area contributed by atoms with Gasteiger partial charge < -0.3 is 5.73 Å². The van der Waals surface area contributed by atoms with E-state index in [-0.39, 0.29) is 16.9 Å². The highest BCUT2D eigenvalue weighted by Gasteiger charge is 2.03. The second kappa shape index (κ2) is 4.67. The van der Waals surface area contributed by atoms with E-state index >= 15 is 0 Å². The van der Waals surface area contributed by atoms with Crippen LogP contribution >= 0.6 is 23.4 Å². The third-order valence-corrected chi connectivity index (χ3v) is 2.81. The number of nitrogen functional groups attached to an aromatic ring is 1. The highest BCUT2D eigenvalue weighted by atomic mass is 35.5. The number of hydrogen-bond donors (Lipinski definition) is 1. The van der Waals surface area contributed by atoms with Crippen molar-refractivity contribution < 1.29 is 4.39 Å². The highest BCUT2D eigenvalue weighted by molar-refractivity contribution is 7.99. The van der Waals surface area contributed by atoms with Crippen LogP contribution in [0, 0.1) is 5.82 Å². The van der Waals surface area contributed by atoms with Crippen LogP contribution in [0.3, 0.4) is 0 Å². The van der Waals surface area contributed by atoms with Crippen LogP contribution in [0.5, 0.6) is 0 Å². The van der Waals surface area contributed by atoms with Gasteiger partial charge in [0.15, 0.2) is 0 Å². The molecule has 0 radical (unpaired) electrons. The van der Waals surface area contributed by atoms with Crippen LogP contribution in [0.15, 0.2) is 40.3 Å². The van der Waals surface area contributed by atoms with E-state index in [1.807, 2.05) is 0 Å². The second-order valence-corrected chi connectivity index (χ2v) is 4.43. The lowest BCUT2D eigenvalue weighted by Crippen LogP contribution is -1.95. The third-order valence-electron chi connectivity index (χ3n) is 1.71. The third kappa shape index (κ3) is 2.84. The average Bonchev–Trinajstić information content (AvgIpc) is 2.15. The number of nitrogens with zero attached hydrogens (tertiary/aromatic N) is 2. The van der Waals surface area contributed by atoms with Gasteiger partial charge in [0, 0.05) is 11.0 Å². The summed E-state index contributed by atoms with van der Waals surface area (Å²) in [5.74, 6) is -0.190. The molecular formula is C10H7ClFN3S. The molecule has 0 spiro atoms. The van der Waals surface area contributed by atoms with Crippen LogP contribution < -0.4 is 5.73 Å². The topological polar surface area (TPSA) is 51.8 Å². The predicted octanol–water partition coefficient (Wildman–Crippen LogP) is 3.00. The number of benzene rings is 1. The normalized spacial score (nSPS) is 10.4. The maximum atomic E-state index is 12.9. The van der Waals surface area contributed by atoms with Crippen LogP contribution in [0.25, 0.3) is 0 Å². The van der Waals surface area contributed by atoms with Gasteiger partial charge >= 0.3 is 0 Å². The number of nitrogens with two attached hydrogens (primary N) is 1. The lowest BCUT2D eigenvalue weighted by atomic mass is 10.4. The maximum absolute atomic E-state index is 12.9. The Hall–Kier alpha value is -1.33. The van der Waals surface area contributed by atoms with Gasteiger partial charge in [0.05, 0.1) is 0 Å². The molecule has 16 heavy (non-hydrogen) atoms. The first-order valence-corrected chi connectivity index (χ1v) is 5.56. The van der Waals surface area contributed by atoms with Crippen molar-refractivity contribution in [3.63, 3.8) is 0 Å². The summed E-state index contributed by atoms with van der Waals surface area (Å²) in [6, 6.07) is 7.78. The molecule has 2 aromatic rings. The fourth-order valence-electron chi connectivity index (χ4n) is 1.12. The van der Waals surface area contributed by atoms with Crippen LogP contribution in [0.1, 0.15) is 0 Å². The molecule has 0 unspecified atom stereocenters. The van der Waals surface area contributed by atoms with Crippen molar-refractivity contribution in [2.45, 2.75) is 9.92 Å². The van der Waals surface area contributed by atoms with E-state index in [2.05, 4.69) is 9.97 Å². The second-order valence-electron chi connectivity index (χ2n) is 2.95. The minimum atomic E-state index is -0.293. The Balaban J connectivity index is 2.27. The summed E-state index contributed by atoms with van der Waals surface area (Å²) in [6.07, 6.45) is 0. The Morgan fingerprint density at radius 2 is 2.06 bits per heavy atom. The van der Waals surface area contributed by atoms with Crippen molar-refractivity contribution in [1.29, 1.82) is 0 Å². The summed E-state index contributed by atoms with van der Waals surface area (Å²) >= 11 is 7.00. The quantitative estimate of drug-likeness (QED) is 0.838. The molecule has 0 atom stereocenters. The maximum Gasteiger partial charge on any atom is 0.222 e. The zero-order valence-corrected chi connectivity index (χ0v) is 9.60. The van der Waals surface area contributed by atoms with Crippen molar-refractivity contribution >= 4 is 29.3 Å². The summed E-state index contributed by atoms with van der Waals surface area (Å²) in [6.45, 7) is 0. The lowest BCUT2D eigenvalue weighted by molar-refractivity contribution is 0.624. The summed E-state index contributed by atoms with van der Waals surface area (Å²) in [7, 11) is 0. The number of aromatic nitrogens is 2. The zero-order chi connectivity index (χ0) is 11.5. The van der Waals surface area contributed by atoms with Gasteiger partial charge in [-0.05, 0) is 18.2 Å². The van der Waals surface area contributed by atoms with E-state index < -0.39 is 0 Å². The number of rotatable bonds is 2. The minimum absolute atomic E-state index is 0.103. The van der Waals surface area contributed by atoms with Crippen LogP contribution in [0.4, 0.5) is 10.3 Å². The van der Waals surface area contributed by atoms with Gasteiger partial charge in [0.25, 0.3) is 0 Å². The molecule has 2 rings (SSSR count). The Morgan fingerprint density at radius 3 is 2.75 bits per heavy atom. The molecule has 0 aliphatic carbocycles. The molecule has 0 bridgehead atoms. The molecule has 82 valence electrons. The van der Waals surface area contributed by atoms with Crippen molar-refractivity contribution in [3.8, 4) is 0 Å². The monoisotopic (exact) mass is 255 g/mol. The predicted molar refractivity (Wildman–Crippen MR) is 62.0 cm³/mol. The molecule has 1 aromatic heterocycles. The van der Waals surface area contributed by atoms with E-state index in [0.717, 1.165) is 4.90 Å². The fraction of sp³-hybridized carbons (Fsp3) is 0. The molecule has 0 aliphatic heterocycles. The SMILES string of the molecule is Nc1nc(Cl)cc(Sc2cccc(F)c2)n1. The summed E-state index contributed by atoms with van der Waals surface area (Å²) in [4.78, 5) is 8.45. The lowest BCUT2D eigenvalue weighted by Gasteiger charge is -2.02. The van der Waals surface area contributed by atoms with Crippen molar-refractivity contribution in [1.82, 2.24) is 9.97 Å². The zero-order valence-electron chi connectivity index (χ0n) is 8.02. The van der Waals surface area contributed by atoms with Crippen molar-refractivity contribution in [3.05, 3.63) is 41.3 Å². The van der Waals surface area contributed by atoms with E-state index in [1.54, 1.807) is 18.2 Å². The molecule has 6 heteroatoms. The van der Waals surface area contributed by atoms with E-state index in [9.17, 15) is 4.39 Å². The fourth-order valence-corrected chi connectivity index (χ4v) is 2.24. The Labute approximate surface area is 101 Å². The molecule has 0 aliphatic rings. The average molecular weight is 256 g/mol. The van der Waals surface area contributed by atoms with Gasteiger partial charge in [0.2, 0.25) is 5.95 Å². The van der Waals surface area contributed by atoms with Gasteiger partial charge in [-0.3, -0.25) is 0 Å². The standard InChI is InChI=1S/C10H7ClFN3S/c11-8-5-9(15-10(13)14-8)16-7-3-1-2-6(12)4-7/h1-5H,(H2,13,14,15). The minimum Gasteiger partial charge on any atom is -0.368 e.